The quantitative estimate of drug-likeness (QED) is 0.745. The van der Waals surface area contributed by atoms with Gasteiger partial charge in [0.05, 0.1) is 0 Å². The van der Waals surface area contributed by atoms with Crippen molar-refractivity contribution in [3.63, 3.8) is 0 Å². The summed E-state index contributed by atoms with van der Waals surface area (Å²) in [4.78, 5) is 8.47. The Hall–Kier alpha value is -2.37. The fourth-order valence-corrected chi connectivity index (χ4v) is 3.68. The summed E-state index contributed by atoms with van der Waals surface area (Å²) in [6.45, 7) is 3.92. The van der Waals surface area contributed by atoms with Crippen molar-refractivity contribution in [1.29, 1.82) is 0 Å². The average molecular weight is 336 g/mol. The van der Waals surface area contributed by atoms with Gasteiger partial charge in [-0.15, -0.1) is 11.3 Å². The summed E-state index contributed by atoms with van der Waals surface area (Å²) in [5.41, 5.74) is 3.48. The molecule has 1 aliphatic heterocycles. The molecule has 0 saturated heterocycles. The van der Waals surface area contributed by atoms with Gasteiger partial charge in [0.2, 0.25) is 0 Å². The molecule has 2 aromatic heterocycles. The summed E-state index contributed by atoms with van der Waals surface area (Å²) in [5.74, 6) is 0.874. The third kappa shape index (κ3) is 3.58. The molecule has 0 bridgehead atoms. The van der Waals surface area contributed by atoms with E-state index < -0.39 is 0 Å². The van der Waals surface area contributed by atoms with Crippen molar-refractivity contribution < 1.29 is 0 Å². The Morgan fingerprint density at radius 3 is 2.92 bits per heavy atom. The largest absolute Gasteiger partial charge is 0.383 e. The molecule has 0 fully saturated rings. The van der Waals surface area contributed by atoms with E-state index >= 15 is 0 Å². The normalized spacial score (nSPS) is 14.5. The molecule has 0 radical (unpaired) electrons. The summed E-state index contributed by atoms with van der Waals surface area (Å²) < 4.78 is 0. The molecule has 4 rings (SSSR count). The van der Waals surface area contributed by atoms with Crippen molar-refractivity contribution >= 4 is 28.5 Å². The van der Waals surface area contributed by atoms with Crippen LogP contribution in [0.5, 0.6) is 0 Å². The minimum absolute atomic E-state index is 0.874. The Morgan fingerprint density at radius 1 is 1.17 bits per heavy atom. The van der Waals surface area contributed by atoms with E-state index in [-0.39, 0.29) is 0 Å². The minimum atomic E-state index is 0.874. The van der Waals surface area contributed by atoms with Gasteiger partial charge in [-0.2, -0.15) is 0 Å². The van der Waals surface area contributed by atoms with Crippen LogP contribution in [0.15, 0.2) is 60.1 Å². The summed E-state index contributed by atoms with van der Waals surface area (Å²) in [5, 5.41) is 9.04. The number of aromatic nitrogens is 1. The highest BCUT2D eigenvalue weighted by atomic mass is 32.1. The molecule has 24 heavy (non-hydrogen) atoms. The molecule has 3 aromatic rings. The molecule has 3 heterocycles. The number of hydrogen-bond acceptors (Lipinski definition) is 5. The number of pyridine rings is 1. The molecule has 0 saturated carbocycles. The number of nitrogens with one attached hydrogen (secondary N) is 2. The van der Waals surface area contributed by atoms with Crippen molar-refractivity contribution in [3.05, 3.63) is 70.5 Å². The van der Waals surface area contributed by atoms with Crippen LogP contribution in [0, 0.1) is 0 Å². The van der Waals surface area contributed by atoms with Gasteiger partial charge < -0.3 is 10.6 Å². The maximum absolute atomic E-state index is 4.59. The maximum atomic E-state index is 4.59. The Balaban J connectivity index is 1.49. The Kier molecular flexibility index (Phi) is 4.44. The fraction of sp³-hybridized carbons (Fsp3) is 0.211. The van der Waals surface area contributed by atoms with E-state index in [1.165, 1.54) is 16.1 Å². The van der Waals surface area contributed by atoms with Crippen LogP contribution in [0.25, 0.3) is 0 Å². The second-order valence-electron chi connectivity index (χ2n) is 5.93. The summed E-state index contributed by atoms with van der Waals surface area (Å²) in [6.07, 6.45) is 1.99. The smallest absolute Gasteiger partial charge is 0.132 e. The monoisotopic (exact) mass is 336 g/mol. The van der Waals surface area contributed by atoms with Gasteiger partial charge in [-0.25, -0.2) is 4.98 Å². The van der Waals surface area contributed by atoms with Crippen LogP contribution in [-0.4, -0.2) is 23.0 Å². The number of fused-ring (bicyclic) bond motifs is 1. The first-order valence-corrected chi connectivity index (χ1v) is 9.04. The molecule has 122 valence electrons. The molecule has 1 aliphatic rings. The Morgan fingerprint density at radius 2 is 2.08 bits per heavy atom. The molecule has 0 aliphatic carbocycles. The molecule has 0 amide bonds. The number of hydrogen-bond donors (Lipinski definition) is 2. The third-order valence-electron chi connectivity index (χ3n) is 4.13. The molecule has 0 spiro atoms. The zero-order valence-corrected chi connectivity index (χ0v) is 14.2. The average Bonchev–Trinajstić information content (AvgIpc) is 3.02. The van der Waals surface area contributed by atoms with Crippen LogP contribution in [-0.2, 0) is 13.1 Å². The van der Waals surface area contributed by atoms with Crippen molar-refractivity contribution in [1.82, 2.24) is 9.88 Å². The van der Waals surface area contributed by atoms with E-state index in [0.29, 0.717) is 0 Å². The first-order chi connectivity index (χ1) is 11.9. The lowest BCUT2D eigenvalue weighted by molar-refractivity contribution is 0.274. The zero-order chi connectivity index (χ0) is 16.2. The second kappa shape index (κ2) is 7.03. The van der Waals surface area contributed by atoms with Crippen LogP contribution in [0.2, 0.25) is 0 Å². The van der Waals surface area contributed by atoms with Crippen molar-refractivity contribution in [2.24, 2.45) is 0 Å². The van der Waals surface area contributed by atoms with Crippen LogP contribution >= 0.6 is 11.3 Å². The van der Waals surface area contributed by atoms with E-state index in [0.717, 1.165) is 37.7 Å². The van der Waals surface area contributed by atoms with E-state index in [1.807, 2.05) is 47.9 Å². The highest BCUT2D eigenvalue weighted by Gasteiger charge is 2.15. The lowest BCUT2D eigenvalue weighted by Gasteiger charge is -2.18. The fourth-order valence-electron chi connectivity index (χ4n) is 2.94. The summed E-state index contributed by atoms with van der Waals surface area (Å²) in [6, 6.07) is 16.6. The van der Waals surface area contributed by atoms with E-state index in [2.05, 4.69) is 44.1 Å². The predicted octanol–water partition coefficient (Wildman–Crippen LogP) is 4.31. The van der Waals surface area contributed by atoms with Crippen molar-refractivity contribution in [2.45, 2.75) is 13.1 Å². The maximum Gasteiger partial charge on any atom is 0.132 e. The van der Waals surface area contributed by atoms with E-state index in [1.54, 1.807) is 0 Å². The van der Waals surface area contributed by atoms with Crippen LogP contribution < -0.4 is 10.6 Å². The van der Waals surface area contributed by atoms with Gasteiger partial charge in [-0.3, -0.25) is 4.90 Å². The topological polar surface area (TPSA) is 40.2 Å². The Bertz CT molecular complexity index is 786. The molecular weight excluding hydrogens is 316 g/mol. The van der Waals surface area contributed by atoms with Gasteiger partial charge >= 0.3 is 0 Å². The Labute approximate surface area is 146 Å². The first-order valence-electron chi connectivity index (χ1n) is 8.16. The van der Waals surface area contributed by atoms with Gasteiger partial charge in [-0.05, 0) is 23.6 Å². The van der Waals surface area contributed by atoms with E-state index in [9.17, 15) is 0 Å². The zero-order valence-electron chi connectivity index (χ0n) is 13.4. The van der Waals surface area contributed by atoms with Crippen LogP contribution in [0.3, 0.4) is 0 Å². The summed E-state index contributed by atoms with van der Waals surface area (Å²) in [7, 11) is 0. The van der Waals surface area contributed by atoms with Gasteiger partial charge in [0.1, 0.15) is 5.82 Å². The first kappa shape index (κ1) is 15.2. The number of thiophene rings is 1. The number of anilines is 3. The number of para-hydroxylation sites is 1. The van der Waals surface area contributed by atoms with Crippen molar-refractivity contribution in [3.8, 4) is 0 Å². The van der Waals surface area contributed by atoms with Crippen molar-refractivity contribution in [2.75, 3.05) is 23.7 Å². The summed E-state index contributed by atoms with van der Waals surface area (Å²) >= 11 is 1.82. The SMILES string of the molecule is c1ccc(Nc2cc3c(cn2)CN(Cc2cccs2)CCN3)cc1. The second-order valence-corrected chi connectivity index (χ2v) is 6.97. The molecule has 2 N–H and O–H groups in total. The molecule has 4 nitrogen and oxygen atoms in total. The number of benzene rings is 1. The predicted molar refractivity (Wildman–Crippen MR) is 101 cm³/mol. The standard InChI is InChI=1S/C19H20N4S/c1-2-5-16(6-3-1)22-19-11-18-15(12-21-19)13-23(9-8-20-18)14-17-7-4-10-24-17/h1-7,10-12,20H,8-9,13-14H2,(H,21,22). The van der Waals surface area contributed by atoms with Gasteiger partial charge in [0.25, 0.3) is 0 Å². The van der Waals surface area contributed by atoms with Gasteiger partial charge in [0.15, 0.2) is 0 Å². The lowest BCUT2D eigenvalue weighted by Crippen LogP contribution is -2.25. The third-order valence-corrected chi connectivity index (χ3v) is 4.99. The number of nitrogens with zero attached hydrogens (tertiary/aromatic N) is 2. The van der Waals surface area contributed by atoms with Crippen LogP contribution in [0.1, 0.15) is 10.4 Å². The molecular formula is C19H20N4S. The molecule has 1 aromatic carbocycles. The van der Waals surface area contributed by atoms with Gasteiger partial charge in [0, 0.05) is 60.3 Å². The molecule has 5 heteroatoms. The highest BCUT2D eigenvalue weighted by Crippen LogP contribution is 2.25. The highest BCUT2D eigenvalue weighted by molar-refractivity contribution is 7.09. The lowest BCUT2D eigenvalue weighted by atomic mass is 10.2. The number of rotatable bonds is 4. The van der Waals surface area contributed by atoms with E-state index in [4.69, 9.17) is 0 Å². The molecule has 0 atom stereocenters. The minimum Gasteiger partial charge on any atom is -0.383 e. The molecule has 0 unspecified atom stereocenters. The van der Waals surface area contributed by atoms with Gasteiger partial charge in [-0.1, -0.05) is 24.3 Å². The van der Waals surface area contributed by atoms with Crippen LogP contribution in [0.4, 0.5) is 17.2 Å².